The van der Waals surface area contributed by atoms with Crippen LogP contribution < -0.4 is 5.19 Å². The summed E-state index contributed by atoms with van der Waals surface area (Å²) < 4.78 is 2.52. The predicted molar refractivity (Wildman–Crippen MR) is 232 cm³/mol. The van der Waals surface area contributed by atoms with E-state index in [-0.39, 0.29) is 43.5 Å². The number of ketones is 1. The molecule has 54 heavy (non-hydrogen) atoms. The van der Waals surface area contributed by atoms with Crippen LogP contribution in [0.1, 0.15) is 118 Å². The maximum atomic E-state index is 11.7. The van der Waals surface area contributed by atoms with Crippen molar-refractivity contribution in [2.24, 2.45) is 23.2 Å². The summed E-state index contributed by atoms with van der Waals surface area (Å²) in [7, 11) is -1.67. The summed E-state index contributed by atoms with van der Waals surface area (Å²) in [5.41, 5.74) is 5.20. The molecule has 2 aromatic heterocycles. The van der Waals surface area contributed by atoms with Crippen molar-refractivity contribution in [2.75, 3.05) is 0 Å². The van der Waals surface area contributed by atoms with Crippen LogP contribution in [0.25, 0.3) is 42.3 Å². The molecule has 1 radical (unpaired) electrons. The van der Waals surface area contributed by atoms with Gasteiger partial charge in [-0.1, -0.05) is 116 Å². The van der Waals surface area contributed by atoms with Crippen molar-refractivity contribution in [1.82, 2.24) is 9.97 Å². The molecule has 1 fully saturated rings. The minimum absolute atomic E-state index is 0. The zero-order valence-corrected chi connectivity index (χ0v) is 38.6. The molecule has 0 amide bonds. The Hall–Kier alpha value is -2.70. The first-order valence-electron chi connectivity index (χ1n) is 20.3. The third-order valence-electron chi connectivity index (χ3n) is 11.8. The van der Waals surface area contributed by atoms with Crippen LogP contribution >= 0.6 is 11.3 Å². The van der Waals surface area contributed by atoms with Crippen LogP contribution in [0.5, 0.6) is 0 Å². The molecule has 6 rings (SSSR count). The number of carbonyl (C=O) groups is 1. The molecular formula is C47H63IrN2O2SSi-. The van der Waals surface area contributed by atoms with E-state index in [0.29, 0.717) is 17.3 Å². The summed E-state index contributed by atoms with van der Waals surface area (Å²) in [6, 6.07) is 23.3. The fraction of sp³-hybridized carbons (Fsp3) is 0.511. The van der Waals surface area contributed by atoms with E-state index in [0.717, 1.165) is 42.5 Å². The number of aliphatic hydroxyl groups is 1. The number of thiophene rings is 1. The molecule has 3 aromatic carbocycles. The number of aromatic nitrogens is 2. The van der Waals surface area contributed by atoms with Gasteiger partial charge < -0.3 is 5.11 Å². The van der Waals surface area contributed by atoms with Gasteiger partial charge in [-0.05, 0) is 80.2 Å². The standard InChI is InChI=1S/C34H39N2SSi.C13H24O2.Ir/c1-22(2)20-38(5,6)30-19-26(17-25-9-7-8-10-27(25)30)31-33-32(36-21-35-31)28-12-11-24(18-29(28)37-33)23-13-15-34(3,4)16-14-23;1-5-10(6-2)12(14)9-13(15)11(7-3)8-4;/h7-12,18-19,21-23H,13-16,20H2,1-6H3;9-11,14H,5-8H2,1-4H3;/q-1;;/b;12-9-;. The number of hydrogen-bond donors (Lipinski definition) is 1. The molecule has 2 heterocycles. The fourth-order valence-corrected chi connectivity index (χ4v) is 13.5. The molecule has 4 nitrogen and oxygen atoms in total. The van der Waals surface area contributed by atoms with Crippen molar-refractivity contribution >= 4 is 61.5 Å². The van der Waals surface area contributed by atoms with Gasteiger partial charge in [-0.2, -0.15) is 0 Å². The van der Waals surface area contributed by atoms with Crippen molar-refractivity contribution in [3.63, 3.8) is 0 Å². The van der Waals surface area contributed by atoms with E-state index in [4.69, 9.17) is 9.97 Å². The molecule has 0 spiro atoms. The normalized spacial score (nSPS) is 15.2. The molecule has 1 N–H and O–H groups in total. The van der Waals surface area contributed by atoms with Gasteiger partial charge in [-0.15, -0.1) is 40.1 Å². The van der Waals surface area contributed by atoms with Crippen molar-refractivity contribution < 1.29 is 30.0 Å². The number of hydrogen-bond acceptors (Lipinski definition) is 5. The van der Waals surface area contributed by atoms with Gasteiger partial charge in [0.2, 0.25) is 0 Å². The summed E-state index contributed by atoms with van der Waals surface area (Å²) in [4.78, 5) is 21.4. The largest absolute Gasteiger partial charge is 0.512 e. The average molecular weight is 940 g/mol. The Kier molecular flexibility index (Phi) is 15.5. The molecule has 1 aliphatic carbocycles. The number of fused-ring (bicyclic) bond motifs is 4. The Morgan fingerprint density at radius 2 is 1.59 bits per heavy atom. The van der Waals surface area contributed by atoms with E-state index < -0.39 is 8.07 Å². The Morgan fingerprint density at radius 1 is 0.944 bits per heavy atom. The van der Waals surface area contributed by atoms with Gasteiger partial charge in [-0.25, -0.2) is 4.98 Å². The van der Waals surface area contributed by atoms with Crippen molar-refractivity contribution in [2.45, 2.75) is 132 Å². The van der Waals surface area contributed by atoms with Gasteiger partial charge in [-0.3, -0.25) is 9.78 Å². The Morgan fingerprint density at radius 3 is 2.22 bits per heavy atom. The number of benzene rings is 3. The zero-order valence-electron chi connectivity index (χ0n) is 34.4. The van der Waals surface area contributed by atoms with Gasteiger partial charge in [0.15, 0.2) is 5.78 Å². The van der Waals surface area contributed by atoms with Crippen molar-refractivity contribution in [3.05, 3.63) is 78.3 Å². The van der Waals surface area contributed by atoms with Gasteiger partial charge >= 0.3 is 0 Å². The molecule has 7 heteroatoms. The van der Waals surface area contributed by atoms with Gasteiger partial charge in [0, 0.05) is 58.5 Å². The molecule has 0 unspecified atom stereocenters. The molecule has 293 valence electrons. The Balaban J connectivity index is 0.000000347. The van der Waals surface area contributed by atoms with Gasteiger partial charge in [0.05, 0.1) is 19.3 Å². The van der Waals surface area contributed by atoms with Crippen LogP contribution in [0, 0.1) is 29.2 Å². The summed E-state index contributed by atoms with van der Waals surface area (Å²) >= 11 is 1.86. The maximum absolute atomic E-state index is 11.7. The second kappa shape index (κ2) is 19.0. The molecule has 0 atom stereocenters. The molecular weight excluding hydrogens is 877 g/mol. The number of nitrogens with zero attached hydrogens (tertiary/aromatic N) is 2. The zero-order chi connectivity index (χ0) is 38.5. The SMILES string of the molecule is CC(C)C[Si](C)(C)c1cc(-c2ncnc3c2sc2cc(C4CCC(C)(C)CC4)ccc23)[c-]c2ccccc12.CCC(CC)C(=O)/C=C(\O)C(CC)CC.[Ir]. The predicted octanol–water partition coefficient (Wildman–Crippen LogP) is 13.6. The van der Waals surface area contributed by atoms with Crippen LogP contribution in [0.4, 0.5) is 0 Å². The summed E-state index contributed by atoms with van der Waals surface area (Å²) in [6.07, 6.45) is 11.9. The molecule has 0 saturated heterocycles. The van der Waals surface area contributed by atoms with E-state index in [1.807, 2.05) is 39.0 Å². The Bertz CT molecular complexity index is 2050. The number of aliphatic hydroxyl groups excluding tert-OH is 1. The monoisotopic (exact) mass is 940 g/mol. The first kappa shape index (κ1) is 44.0. The fourth-order valence-electron chi connectivity index (χ4n) is 8.60. The summed E-state index contributed by atoms with van der Waals surface area (Å²) in [5, 5.41) is 15.1. The number of rotatable bonds is 12. The van der Waals surface area contributed by atoms with Crippen molar-refractivity contribution in [3.8, 4) is 11.3 Å². The smallest absolute Gasteiger partial charge is 0.162 e. The third-order valence-corrected chi connectivity index (χ3v) is 16.7. The molecule has 1 saturated carbocycles. The quantitative estimate of drug-likeness (QED) is 0.0586. The summed E-state index contributed by atoms with van der Waals surface area (Å²) in [6.45, 7) is 22.6. The third kappa shape index (κ3) is 10.2. The van der Waals surface area contributed by atoms with Crippen LogP contribution in [-0.4, -0.2) is 28.9 Å². The van der Waals surface area contributed by atoms with Gasteiger partial charge in [0.1, 0.15) is 6.33 Å². The van der Waals surface area contributed by atoms with E-state index >= 15 is 0 Å². The second-order valence-electron chi connectivity index (χ2n) is 17.3. The number of allylic oxidation sites excluding steroid dienone is 2. The van der Waals surface area contributed by atoms with E-state index in [9.17, 15) is 9.90 Å². The minimum Gasteiger partial charge on any atom is -0.512 e. The second-order valence-corrected chi connectivity index (χ2v) is 23.1. The van der Waals surface area contributed by atoms with Crippen LogP contribution in [0.15, 0.2) is 66.7 Å². The minimum atomic E-state index is -1.67. The van der Waals surface area contributed by atoms with E-state index in [1.165, 1.54) is 74.1 Å². The topological polar surface area (TPSA) is 63.1 Å². The molecule has 1 aliphatic rings. The van der Waals surface area contributed by atoms with Crippen LogP contribution in [0.2, 0.25) is 19.1 Å². The Labute approximate surface area is 344 Å². The van der Waals surface area contributed by atoms with E-state index in [2.05, 4.69) is 95.4 Å². The molecule has 5 aromatic rings. The van der Waals surface area contributed by atoms with Crippen LogP contribution in [0.3, 0.4) is 0 Å². The van der Waals surface area contributed by atoms with Crippen LogP contribution in [-0.2, 0) is 24.9 Å². The van der Waals surface area contributed by atoms with Crippen molar-refractivity contribution in [1.29, 1.82) is 0 Å². The molecule has 0 aliphatic heterocycles. The first-order chi connectivity index (χ1) is 25.2. The molecule has 0 bridgehead atoms. The number of carbonyl (C=O) groups excluding carboxylic acids is 1. The first-order valence-corrected chi connectivity index (χ1v) is 24.3. The average Bonchev–Trinajstić information content (AvgIpc) is 3.50. The maximum Gasteiger partial charge on any atom is 0.162 e. The van der Waals surface area contributed by atoms with Gasteiger partial charge in [0.25, 0.3) is 0 Å². The summed E-state index contributed by atoms with van der Waals surface area (Å²) in [5.74, 6) is 1.90. The van der Waals surface area contributed by atoms with E-state index in [1.54, 1.807) is 6.33 Å².